The Labute approximate surface area is 152 Å². The monoisotopic (exact) mass is 429 g/mol. The van der Waals surface area contributed by atoms with Crippen LogP contribution in [0.4, 0.5) is 5.69 Å². The summed E-state index contributed by atoms with van der Waals surface area (Å²) in [6.45, 7) is 0.675. The van der Waals surface area contributed by atoms with E-state index in [9.17, 15) is 0 Å². The number of guanidine groups is 1. The lowest BCUT2D eigenvalue weighted by atomic mass is 10.3. The summed E-state index contributed by atoms with van der Waals surface area (Å²) in [6, 6.07) is 17.8. The van der Waals surface area contributed by atoms with E-state index >= 15 is 0 Å². The second kappa shape index (κ2) is 10.3. The Kier molecular flexibility index (Phi) is 8.76. The molecule has 0 heterocycles. The van der Waals surface area contributed by atoms with Gasteiger partial charge in [-0.25, -0.2) is 0 Å². The molecule has 0 aliphatic rings. The molecular formula is C16H20IN3OS. The first kappa shape index (κ1) is 18.6. The largest absolute Gasteiger partial charge is 0.497 e. The van der Waals surface area contributed by atoms with Gasteiger partial charge in [-0.2, -0.15) is 0 Å². The maximum absolute atomic E-state index is 5.85. The van der Waals surface area contributed by atoms with Gasteiger partial charge in [-0.3, -0.25) is 4.99 Å². The molecule has 0 unspecified atom stereocenters. The van der Waals surface area contributed by atoms with Gasteiger partial charge in [-0.05, 0) is 36.4 Å². The first-order valence-corrected chi connectivity index (χ1v) is 7.65. The number of nitrogens with one attached hydrogen (secondary N) is 1. The van der Waals surface area contributed by atoms with Gasteiger partial charge in [0.1, 0.15) is 5.75 Å². The van der Waals surface area contributed by atoms with Gasteiger partial charge < -0.3 is 15.8 Å². The van der Waals surface area contributed by atoms with Crippen LogP contribution in [0.15, 0.2) is 64.5 Å². The van der Waals surface area contributed by atoms with Gasteiger partial charge in [0.2, 0.25) is 0 Å². The Morgan fingerprint density at radius 1 is 1.14 bits per heavy atom. The molecule has 0 fully saturated rings. The van der Waals surface area contributed by atoms with Gasteiger partial charge in [-0.15, -0.1) is 35.7 Å². The van der Waals surface area contributed by atoms with Crippen molar-refractivity contribution in [2.75, 3.05) is 24.7 Å². The molecule has 0 bridgehead atoms. The standard InChI is InChI=1S/C16H19N3OS.HI/c1-20-14-9-7-13(8-10-14)19-16(17)18-11-12-21-15-5-3-2-4-6-15;/h2-10H,11-12H2,1H3,(H3,17,18,19);1H. The highest BCUT2D eigenvalue weighted by atomic mass is 127. The van der Waals surface area contributed by atoms with E-state index in [2.05, 4.69) is 22.4 Å². The Bertz CT molecular complexity index is 576. The lowest BCUT2D eigenvalue weighted by molar-refractivity contribution is 0.415. The van der Waals surface area contributed by atoms with Crippen molar-refractivity contribution in [2.24, 2.45) is 10.7 Å². The van der Waals surface area contributed by atoms with E-state index in [1.807, 2.05) is 42.5 Å². The van der Waals surface area contributed by atoms with Gasteiger partial charge in [0.15, 0.2) is 5.96 Å². The topological polar surface area (TPSA) is 59.6 Å². The molecule has 0 aliphatic heterocycles. The van der Waals surface area contributed by atoms with Gasteiger partial charge >= 0.3 is 0 Å². The highest BCUT2D eigenvalue weighted by molar-refractivity contribution is 14.0. The van der Waals surface area contributed by atoms with Crippen molar-refractivity contribution in [2.45, 2.75) is 4.90 Å². The zero-order valence-electron chi connectivity index (χ0n) is 12.4. The zero-order chi connectivity index (χ0) is 14.9. The van der Waals surface area contributed by atoms with Crippen LogP contribution in [-0.2, 0) is 0 Å². The fraction of sp³-hybridized carbons (Fsp3) is 0.188. The minimum Gasteiger partial charge on any atom is -0.497 e. The molecule has 0 aromatic heterocycles. The Hall–Kier alpha value is -1.41. The third-order valence-electron chi connectivity index (χ3n) is 2.75. The number of hydrogen-bond acceptors (Lipinski definition) is 3. The van der Waals surface area contributed by atoms with E-state index < -0.39 is 0 Å². The number of anilines is 1. The quantitative estimate of drug-likeness (QED) is 0.241. The van der Waals surface area contributed by atoms with Crippen molar-refractivity contribution in [3.63, 3.8) is 0 Å². The van der Waals surface area contributed by atoms with Crippen molar-refractivity contribution in [3.05, 3.63) is 54.6 Å². The van der Waals surface area contributed by atoms with Crippen LogP contribution in [0, 0.1) is 0 Å². The first-order chi connectivity index (χ1) is 10.3. The summed E-state index contributed by atoms with van der Waals surface area (Å²) < 4.78 is 5.10. The molecule has 0 atom stereocenters. The summed E-state index contributed by atoms with van der Waals surface area (Å²) >= 11 is 1.77. The molecule has 2 rings (SSSR count). The molecule has 2 aromatic rings. The highest BCUT2D eigenvalue weighted by Gasteiger charge is 1.96. The van der Waals surface area contributed by atoms with Crippen LogP contribution in [-0.4, -0.2) is 25.4 Å². The van der Waals surface area contributed by atoms with Crippen LogP contribution in [0.2, 0.25) is 0 Å². The van der Waals surface area contributed by atoms with Crippen molar-refractivity contribution < 1.29 is 4.74 Å². The average Bonchev–Trinajstić information content (AvgIpc) is 2.53. The van der Waals surface area contributed by atoms with Gasteiger partial charge in [0, 0.05) is 16.3 Å². The molecule has 0 radical (unpaired) electrons. The SMILES string of the molecule is COc1ccc(NC(N)=NCCSc2ccccc2)cc1.I. The van der Waals surface area contributed by atoms with Crippen LogP contribution >= 0.6 is 35.7 Å². The minimum atomic E-state index is 0. The van der Waals surface area contributed by atoms with Crippen LogP contribution in [0.25, 0.3) is 0 Å². The molecule has 0 spiro atoms. The number of methoxy groups -OCH3 is 1. The normalized spacial score (nSPS) is 10.7. The number of aliphatic imine (C=N–C) groups is 1. The minimum absolute atomic E-state index is 0. The smallest absolute Gasteiger partial charge is 0.193 e. The molecule has 6 heteroatoms. The van der Waals surface area contributed by atoms with Crippen LogP contribution in [0.1, 0.15) is 0 Å². The Morgan fingerprint density at radius 2 is 1.82 bits per heavy atom. The average molecular weight is 429 g/mol. The lowest BCUT2D eigenvalue weighted by Gasteiger charge is -2.06. The Morgan fingerprint density at radius 3 is 2.45 bits per heavy atom. The number of nitrogens with two attached hydrogens (primary N) is 1. The summed E-state index contributed by atoms with van der Waals surface area (Å²) in [7, 11) is 1.64. The molecule has 0 amide bonds. The van der Waals surface area contributed by atoms with E-state index in [1.165, 1.54) is 4.90 Å². The lowest BCUT2D eigenvalue weighted by Crippen LogP contribution is -2.23. The number of rotatable bonds is 6. The fourth-order valence-electron chi connectivity index (χ4n) is 1.71. The van der Waals surface area contributed by atoms with Crippen LogP contribution in [0.3, 0.4) is 0 Å². The number of hydrogen-bond donors (Lipinski definition) is 2. The molecule has 0 saturated heterocycles. The number of ether oxygens (including phenoxy) is 1. The summed E-state index contributed by atoms with van der Waals surface area (Å²) in [4.78, 5) is 5.55. The summed E-state index contributed by atoms with van der Waals surface area (Å²) in [6.07, 6.45) is 0. The number of thioether (sulfide) groups is 1. The predicted octanol–water partition coefficient (Wildman–Crippen LogP) is 3.83. The summed E-state index contributed by atoms with van der Waals surface area (Å²) in [5, 5.41) is 3.05. The molecule has 0 saturated carbocycles. The fourth-order valence-corrected chi connectivity index (χ4v) is 2.48. The maximum atomic E-state index is 5.85. The molecule has 22 heavy (non-hydrogen) atoms. The second-order valence-electron chi connectivity index (χ2n) is 4.28. The van der Waals surface area contributed by atoms with E-state index in [0.717, 1.165) is 17.2 Å². The predicted molar refractivity (Wildman–Crippen MR) is 106 cm³/mol. The third kappa shape index (κ3) is 6.57. The zero-order valence-corrected chi connectivity index (χ0v) is 15.5. The van der Waals surface area contributed by atoms with E-state index in [4.69, 9.17) is 10.5 Å². The van der Waals surface area contributed by atoms with E-state index in [0.29, 0.717) is 12.5 Å². The number of halogens is 1. The van der Waals surface area contributed by atoms with Crippen molar-refractivity contribution >= 4 is 47.4 Å². The van der Waals surface area contributed by atoms with Crippen LogP contribution in [0.5, 0.6) is 5.75 Å². The molecule has 3 N–H and O–H groups in total. The molecule has 2 aromatic carbocycles. The van der Waals surface area contributed by atoms with Crippen molar-refractivity contribution in [1.82, 2.24) is 0 Å². The van der Waals surface area contributed by atoms with Gasteiger partial charge in [-0.1, -0.05) is 18.2 Å². The molecule has 0 aliphatic carbocycles. The van der Waals surface area contributed by atoms with Crippen molar-refractivity contribution in [3.8, 4) is 5.75 Å². The maximum Gasteiger partial charge on any atom is 0.193 e. The second-order valence-corrected chi connectivity index (χ2v) is 5.45. The first-order valence-electron chi connectivity index (χ1n) is 6.67. The summed E-state index contributed by atoms with van der Waals surface area (Å²) in [5.74, 6) is 2.14. The number of nitrogens with zero attached hydrogens (tertiary/aromatic N) is 1. The van der Waals surface area contributed by atoms with Crippen molar-refractivity contribution in [1.29, 1.82) is 0 Å². The van der Waals surface area contributed by atoms with Gasteiger partial charge in [0.25, 0.3) is 0 Å². The van der Waals surface area contributed by atoms with Gasteiger partial charge in [0.05, 0.1) is 13.7 Å². The molecule has 4 nitrogen and oxygen atoms in total. The van der Waals surface area contributed by atoms with E-state index in [1.54, 1.807) is 18.9 Å². The highest BCUT2D eigenvalue weighted by Crippen LogP contribution is 2.16. The summed E-state index contributed by atoms with van der Waals surface area (Å²) in [5.41, 5.74) is 6.75. The third-order valence-corrected chi connectivity index (χ3v) is 3.74. The van der Waals surface area contributed by atoms with Crippen LogP contribution < -0.4 is 15.8 Å². The van der Waals surface area contributed by atoms with E-state index in [-0.39, 0.29) is 24.0 Å². The number of benzene rings is 2. The molecular weight excluding hydrogens is 409 g/mol. The molecule has 118 valence electrons. The Balaban J connectivity index is 0.00000242.